The van der Waals surface area contributed by atoms with E-state index in [1.807, 2.05) is 0 Å². The van der Waals surface area contributed by atoms with Crippen molar-refractivity contribution in [2.24, 2.45) is 11.8 Å². The first-order valence-corrected chi connectivity index (χ1v) is 14.3. The lowest BCUT2D eigenvalue weighted by Crippen LogP contribution is -2.26. The molecule has 0 radical (unpaired) electrons. The van der Waals surface area contributed by atoms with Gasteiger partial charge in [0.1, 0.15) is 21.7 Å². The average Bonchev–Trinajstić information content (AvgIpc) is 3.54. The van der Waals surface area contributed by atoms with Gasteiger partial charge < -0.3 is 16.0 Å². The van der Waals surface area contributed by atoms with E-state index >= 15 is 4.39 Å². The van der Waals surface area contributed by atoms with Gasteiger partial charge in [0.15, 0.2) is 5.82 Å². The second-order valence-corrected chi connectivity index (χ2v) is 12.3. The Bertz CT molecular complexity index is 1750. The van der Waals surface area contributed by atoms with E-state index < -0.39 is 93.0 Å². The van der Waals surface area contributed by atoms with Crippen molar-refractivity contribution in [3.63, 3.8) is 0 Å². The fraction of sp³-hybridized carbons (Fsp3) is 0.276. The maximum Gasteiger partial charge on any atom is 0.419 e. The lowest BCUT2D eigenvalue weighted by atomic mass is 10.0. The van der Waals surface area contributed by atoms with Crippen LogP contribution in [0.3, 0.4) is 0 Å². The molecule has 0 aromatic heterocycles. The third-order valence-corrected chi connectivity index (χ3v) is 8.39. The van der Waals surface area contributed by atoms with Crippen LogP contribution < -0.4 is 16.0 Å². The number of alkyl halides is 8. The van der Waals surface area contributed by atoms with Crippen molar-refractivity contribution in [2.75, 3.05) is 16.0 Å². The Morgan fingerprint density at radius 2 is 1.51 bits per heavy atom. The standard InChI is InChI=1S/C29H19Cl3F9N3O3/c1-11(28(36,37)38)8-20(45)44-24-18(34)6-7-19(23(24)35)43-25(46)14-10-13(3-4-16(14)30)42-26(47)22-21(27(22,31)32)12-2-5-17(33)15(9-12)29(39,40)41/h2-7,9-11,21-22H,8H2,1H3,(H,42,47)(H,43,46)(H,44,45)/t11?,21-,22?/m0/s1. The van der Waals surface area contributed by atoms with Gasteiger partial charge in [-0.05, 0) is 48.0 Å². The molecular formula is C29H19Cl3F9N3O3. The number of rotatable bonds is 8. The molecule has 18 heteroatoms. The van der Waals surface area contributed by atoms with Crippen LogP contribution in [-0.2, 0) is 15.8 Å². The van der Waals surface area contributed by atoms with Crippen LogP contribution in [0.2, 0.25) is 5.02 Å². The minimum absolute atomic E-state index is 0.0965. The third kappa shape index (κ3) is 7.90. The molecule has 47 heavy (non-hydrogen) atoms. The van der Waals surface area contributed by atoms with E-state index in [0.717, 1.165) is 24.3 Å². The SMILES string of the molecule is CC(CC(=O)Nc1c(F)ccc(NC(=O)c2cc(NC(=O)C3[C@H](c4ccc(F)c(C(F)(F)F)c4)C3(Cl)Cl)ccc2Cl)c1F)C(F)(F)F. The van der Waals surface area contributed by atoms with E-state index in [4.69, 9.17) is 34.8 Å². The lowest BCUT2D eigenvalue weighted by molar-refractivity contribution is -0.173. The third-order valence-electron chi connectivity index (χ3n) is 7.12. The number of carbonyl (C=O) groups excluding carboxylic acids is 3. The monoisotopic (exact) mass is 733 g/mol. The van der Waals surface area contributed by atoms with Crippen LogP contribution in [0, 0.1) is 29.3 Å². The van der Waals surface area contributed by atoms with Crippen molar-refractivity contribution in [2.45, 2.75) is 35.9 Å². The molecule has 2 unspecified atom stereocenters. The first kappa shape index (κ1) is 36.2. The van der Waals surface area contributed by atoms with Crippen LogP contribution >= 0.6 is 34.8 Å². The molecule has 0 aliphatic heterocycles. The minimum Gasteiger partial charge on any atom is -0.326 e. The number of hydrogen-bond acceptors (Lipinski definition) is 3. The quantitative estimate of drug-likeness (QED) is 0.160. The fourth-order valence-electron chi connectivity index (χ4n) is 4.56. The van der Waals surface area contributed by atoms with Gasteiger partial charge in [-0.15, -0.1) is 23.2 Å². The van der Waals surface area contributed by atoms with Crippen LogP contribution in [0.1, 0.15) is 40.7 Å². The number of halogens is 12. The summed E-state index contributed by atoms with van der Waals surface area (Å²) >= 11 is 18.5. The van der Waals surface area contributed by atoms with Gasteiger partial charge in [-0.2, -0.15) is 26.3 Å². The minimum atomic E-state index is -5.03. The molecule has 1 aliphatic carbocycles. The molecule has 3 amide bonds. The first-order chi connectivity index (χ1) is 21.6. The van der Waals surface area contributed by atoms with Gasteiger partial charge in [-0.25, -0.2) is 13.2 Å². The van der Waals surface area contributed by atoms with Gasteiger partial charge >= 0.3 is 12.4 Å². The molecule has 3 atom stereocenters. The second-order valence-electron chi connectivity index (χ2n) is 10.5. The molecule has 3 N–H and O–H groups in total. The molecule has 0 bridgehead atoms. The summed E-state index contributed by atoms with van der Waals surface area (Å²) in [6, 6.07) is 6.86. The largest absolute Gasteiger partial charge is 0.419 e. The van der Waals surface area contributed by atoms with Crippen LogP contribution in [0.25, 0.3) is 0 Å². The van der Waals surface area contributed by atoms with Crippen LogP contribution in [0.5, 0.6) is 0 Å². The molecule has 3 aromatic carbocycles. The van der Waals surface area contributed by atoms with Gasteiger partial charge in [0.2, 0.25) is 11.8 Å². The van der Waals surface area contributed by atoms with Crippen molar-refractivity contribution in [3.05, 3.63) is 87.7 Å². The molecule has 6 nitrogen and oxygen atoms in total. The average molecular weight is 735 g/mol. The smallest absolute Gasteiger partial charge is 0.326 e. The number of anilines is 3. The van der Waals surface area contributed by atoms with Crippen molar-refractivity contribution < 1.29 is 53.9 Å². The zero-order valence-electron chi connectivity index (χ0n) is 23.3. The Hall–Kier alpha value is -3.69. The molecule has 1 aliphatic rings. The first-order valence-electron chi connectivity index (χ1n) is 13.1. The summed E-state index contributed by atoms with van der Waals surface area (Å²) < 4.78 is 119. The highest BCUT2D eigenvalue weighted by atomic mass is 35.5. The molecule has 0 saturated heterocycles. The number of benzene rings is 3. The van der Waals surface area contributed by atoms with Gasteiger partial charge in [-0.1, -0.05) is 24.6 Å². The Morgan fingerprint density at radius 1 is 0.872 bits per heavy atom. The van der Waals surface area contributed by atoms with Crippen molar-refractivity contribution in [1.29, 1.82) is 0 Å². The molecule has 1 saturated carbocycles. The highest BCUT2D eigenvalue weighted by Crippen LogP contribution is 2.65. The summed E-state index contributed by atoms with van der Waals surface area (Å²) in [6.45, 7) is 0.701. The van der Waals surface area contributed by atoms with Gasteiger partial charge in [0, 0.05) is 18.0 Å². The zero-order valence-corrected chi connectivity index (χ0v) is 25.6. The number of hydrogen-bond donors (Lipinski definition) is 3. The van der Waals surface area contributed by atoms with Gasteiger partial charge in [-0.3, -0.25) is 14.4 Å². The van der Waals surface area contributed by atoms with E-state index in [9.17, 15) is 49.5 Å². The van der Waals surface area contributed by atoms with Crippen molar-refractivity contribution in [1.82, 2.24) is 0 Å². The van der Waals surface area contributed by atoms with Gasteiger partial charge in [0.05, 0.1) is 33.7 Å². The highest BCUT2D eigenvalue weighted by molar-refractivity contribution is 6.53. The topological polar surface area (TPSA) is 87.3 Å². The second kappa shape index (κ2) is 13.1. The maximum absolute atomic E-state index is 15.1. The molecule has 252 valence electrons. The fourth-order valence-corrected chi connectivity index (χ4v) is 5.59. The van der Waals surface area contributed by atoms with Crippen LogP contribution in [0.4, 0.5) is 56.6 Å². The summed E-state index contributed by atoms with van der Waals surface area (Å²) in [5.74, 6) is -12.4. The molecule has 3 aromatic rings. The Balaban J connectivity index is 1.50. The molecule has 0 spiro atoms. The Morgan fingerprint density at radius 3 is 2.13 bits per heavy atom. The predicted octanol–water partition coefficient (Wildman–Crippen LogP) is 9.08. The Labute approximate surface area is 274 Å². The normalized spacial score (nSPS) is 17.9. The highest BCUT2D eigenvalue weighted by Gasteiger charge is 2.67. The molecule has 1 fully saturated rings. The number of nitrogens with one attached hydrogen (secondary N) is 3. The Kier molecular flexibility index (Phi) is 10.1. The van der Waals surface area contributed by atoms with E-state index in [2.05, 4.69) is 10.6 Å². The summed E-state index contributed by atoms with van der Waals surface area (Å²) in [4.78, 5) is 38.0. The van der Waals surface area contributed by atoms with Crippen LogP contribution in [0.15, 0.2) is 48.5 Å². The number of amides is 3. The lowest BCUT2D eigenvalue weighted by Gasteiger charge is -2.16. The summed E-state index contributed by atoms with van der Waals surface area (Å²) in [7, 11) is 0. The zero-order chi connectivity index (χ0) is 35.2. The summed E-state index contributed by atoms with van der Waals surface area (Å²) in [5.41, 5.74) is -4.04. The molecule has 0 heterocycles. The summed E-state index contributed by atoms with van der Waals surface area (Å²) in [5, 5.41) is 5.96. The maximum atomic E-state index is 15.1. The molecule has 4 rings (SSSR count). The van der Waals surface area contributed by atoms with Crippen LogP contribution in [-0.4, -0.2) is 28.2 Å². The van der Waals surface area contributed by atoms with E-state index in [1.165, 1.54) is 6.07 Å². The van der Waals surface area contributed by atoms with E-state index in [0.29, 0.717) is 25.1 Å². The predicted molar refractivity (Wildman–Crippen MR) is 155 cm³/mol. The summed E-state index contributed by atoms with van der Waals surface area (Å²) in [6.07, 6.45) is -10.9. The van der Waals surface area contributed by atoms with Gasteiger partial charge in [0.25, 0.3) is 5.91 Å². The van der Waals surface area contributed by atoms with Crippen molar-refractivity contribution in [3.8, 4) is 0 Å². The van der Waals surface area contributed by atoms with Crippen molar-refractivity contribution >= 4 is 69.6 Å². The molecular weight excluding hydrogens is 716 g/mol. The van der Waals surface area contributed by atoms with E-state index in [-0.39, 0.29) is 21.8 Å². The number of carbonyl (C=O) groups is 3. The van der Waals surface area contributed by atoms with E-state index in [1.54, 1.807) is 5.32 Å².